The SMILES string of the molecule is COc1ccc(C(=O)Nc2nnc(CSCc3ccccc3)s2)cc1. The maximum Gasteiger partial charge on any atom is 0.257 e. The van der Waals surface area contributed by atoms with Gasteiger partial charge in [0.2, 0.25) is 5.13 Å². The summed E-state index contributed by atoms with van der Waals surface area (Å²) in [4.78, 5) is 12.2. The number of amides is 1. The van der Waals surface area contributed by atoms with Crippen LogP contribution in [0.4, 0.5) is 5.13 Å². The number of hydrogen-bond acceptors (Lipinski definition) is 6. The van der Waals surface area contributed by atoms with Gasteiger partial charge in [0.15, 0.2) is 0 Å². The van der Waals surface area contributed by atoms with Crippen molar-refractivity contribution in [3.63, 3.8) is 0 Å². The number of methoxy groups -OCH3 is 1. The average Bonchev–Trinajstić information content (AvgIpc) is 3.10. The van der Waals surface area contributed by atoms with E-state index >= 15 is 0 Å². The van der Waals surface area contributed by atoms with Gasteiger partial charge in [0.25, 0.3) is 5.91 Å². The minimum atomic E-state index is -0.206. The van der Waals surface area contributed by atoms with Gasteiger partial charge >= 0.3 is 0 Å². The Kier molecular flexibility index (Phi) is 6.03. The lowest BCUT2D eigenvalue weighted by Crippen LogP contribution is -2.11. The third-order valence-corrected chi connectivity index (χ3v) is 5.41. The highest BCUT2D eigenvalue weighted by Crippen LogP contribution is 2.23. The fourth-order valence-electron chi connectivity index (χ4n) is 2.10. The largest absolute Gasteiger partial charge is 0.497 e. The van der Waals surface area contributed by atoms with Gasteiger partial charge in [-0.05, 0) is 29.8 Å². The zero-order valence-electron chi connectivity index (χ0n) is 13.6. The molecule has 0 aliphatic rings. The second-order valence-corrected chi connectivity index (χ2v) is 7.21. The van der Waals surface area contributed by atoms with Crippen LogP contribution in [0.1, 0.15) is 20.9 Å². The molecule has 2 aromatic carbocycles. The minimum absolute atomic E-state index is 0.206. The number of aromatic nitrogens is 2. The van der Waals surface area contributed by atoms with E-state index in [2.05, 4.69) is 27.6 Å². The van der Waals surface area contributed by atoms with E-state index in [-0.39, 0.29) is 5.91 Å². The van der Waals surface area contributed by atoms with Crippen LogP contribution in [-0.4, -0.2) is 23.2 Å². The smallest absolute Gasteiger partial charge is 0.257 e. The van der Waals surface area contributed by atoms with E-state index in [0.29, 0.717) is 16.4 Å². The molecular formula is C18H17N3O2S2. The predicted molar refractivity (Wildman–Crippen MR) is 102 cm³/mol. The third kappa shape index (κ3) is 5.04. The zero-order chi connectivity index (χ0) is 17.5. The van der Waals surface area contributed by atoms with Crippen molar-refractivity contribution in [1.29, 1.82) is 0 Å². The van der Waals surface area contributed by atoms with Crippen molar-refractivity contribution in [3.8, 4) is 5.75 Å². The summed E-state index contributed by atoms with van der Waals surface area (Å²) in [5.74, 6) is 2.20. The molecule has 1 N–H and O–H groups in total. The van der Waals surface area contributed by atoms with Gasteiger partial charge in [-0.3, -0.25) is 10.1 Å². The summed E-state index contributed by atoms with van der Waals surface area (Å²) in [6.45, 7) is 0. The van der Waals surface area contributed by atoms with Gasteiger partial charge in [0.1, 0.15) is 10.8 Å². The lowest BCUT2D eigenvalue weighted by molar-refractivity contribution is 0.102. The first-order valence-electron chi connectivity index (χ1n) is 7.64. The molecule has 0 saturated carbocycles. The van der Waals surface area contributed by atoms with Crippen LogP contribution >= 0.6 is 23.1 Å². The van der Waals surface area contributed by atoms with Crippen LogP contribution in [0.25, 0.3) is 0 Å². The van der Waals surface area contributed by atoms with Gasteiger partial charge < -0.3 is 4.74 Å². The predicted octanol–water partition coefficient (Wildman–Crippen LogP) is 4.23. The van der Waals surface area contributed by atoms with Crippen LogP contribution in [-0.2, 0) is 11.5 Å². The lowest BCUT2D eigenvalue weighted by Gasteiger charge is -2.02. The van der Waals surface area contributed by atoms with Gasteiger partial charge in [-0.1, -0.05) is 41.7 Å². The fourth-order valence-corrected chi connectivity index (χ4v) is 3.88. The molecule has 7 heteroatoms. The van der Waals surface area contributed by atoms with E-state index in [4.69, 9.17) is 4.74 Å². The number of anilines is 1. The number of carbonyl (C=O) groups excluding carboxylic acids is 1. The molecule has 1 heterocycles. The lowest BCUT2D eigenvalue weighted by atomic mass is 10.2. The molecule has 5 nitrogen and oxygen atoms in total. The molecule has 3 rings (SSSR count). The van der Waals surface area contributed by atoms with Crippen molar-refractivity contribution in [3.05, 3.63) is 70.7 Å². The van der Waals surface area contributed by atoms with Crippen molar-refractivity contribution in [1.82, 2.24) is 10.2 Å². The van der Waals surface area contributed by atoms with Gasteiger partial charge in [-0.2, -0.15) is 0 Å². The molecule has 128 valence electrons. The highest BCUT2D eigenvalue weighted by Gasteiger charge is 2.10. The molecule has 25 heavy (non-hydrogen) atoms. The molecule has 0 fully saturated rings. The summed E-state index contributed by atoms with van der Waals surface area (Å²) in [6, 6.07) is 17.2. The second-order valence-electron chi connectivity index (χ2n) is 5.16. The third-order valence-electron chi connectivity index (χ3n) is 3.38. The summed E-state index contributed by atoms with van der Waals surface area (Å²) in [6.07, 6.45) is 0. The van der Waals surface area contributed by atoms with Gasteiger partial charge in [0, 0.05) is 17.1 Å². The average molecular weight is 371 g/mol. The molecule has 0 unspecified atom stereocenters. The van der Waals surface area contributed by atoms with E-state index in [1.54, 1.807) is 43.1 Å². The van der Waals surface area contributed by atoms with Gasteiger partial charge in [-0.25, -0.2) is 0 Å². The molecule has 0 spiro atoms. The van der Waals surface area contributed by atoms with Crippen LogP contribution in [0.5, 0.6) is 5.75 Å². The Hall–Kier alpha value is -2.38. The summed E-state index contributed by atoms with van der Waals surface area (Å²) in [5.41, 5.74) is 1.83. The van der Waals surface area contributed by atoms with Crippen LogP contribution in [0.15, 0.2) is 54.6 Å². The summed E-state index contributed by atoms with van der Waals surface area (Å²) in [5, 5.41) is 12.4. The number of hydrogen-bond donors (Lipinski definition) is 1. The van der Waals surface area contributed by atoms with E-state index in [0.717, 1.165) is 16.5 Å². The molecule has 1 amide bonds. The number of nitrogens with zero attached hydrogens (tertiary/aromatic N) is 2. The van der Waals surface area contributed by atoms with E-state index in [9.17, 15) is 4.79 Å². The first kappa shape index (κ1) is 17.4. The highest BCUT2D eigenvalue weighted by molar-refractivity contribution is 7.97. The molecule has 0 aliphatic heterocycles. The normalized spacial score (nSPS) is 10.4. The highest BCUT2D eigenvalue weighted by atomic mass is 32.2. The topological polar surface area (TPSA) is 64.1 Å². The van der Waals surface area contributed by atoms with Crippen LogP contribution in [0.2, 0.25) is 0 Å². The Bertz CT molecular complexity index is 820. The quantitative estimate of drug-likeness (QED) is 0.673. The molecule has 0 saturated heterocycles. The Labute approximate surface area is 154 Å². The van der Waals surface area contributed by atoms with Gasteiger partial charge in [0.05, 0.1) is 7.11 Å². The van der Waals surface area contributed by atoms with Crippen LogP contribution in [0, 0.1) is 0 Å². The van der Waals surface area contributed by atoms with E-state index < -0.39 is 0 Å². The first-order chi connectivity index (χ1) is 12.2. The van der Waals surface area contributed by atoms with Crippen molar-refractivity contribution in [2.24, 2.45) is 0 Å². The Morgan fingerprint density at radius 1 is 1.08 bits per heavy atom. The maximum absolute atomic E-state index is 12.2. The molecule has 1 aromatic heterocycles. The maximum atomic E-state index is 12.2. The number of rotatable bonds is 7. The van der Waals surface area contributed by atoms with E-state index in [1.165, 1.54) is 16.9 Å². The van der Waals surface area contributed by atoms with Crippen molar-refractivity contribution in [2.45, 2.75) is 11.5 Å². The molecule has 0 atom stereocenters. The monoisotopic (exact) mass is 371 g/mol. The first-order valence-corrected chi connectivity index (χ1v) is 9.61. The number of carbonyl (C=O) groups is 1. The molecule has 3 aromatic rings. The molecule has 0 radical (unpaired) electrons. The molecule has 0 aliphatic carbocycles. The Morgan fingerprint density at radius 3 is 2.56 bits per heavy atom. The Balaban J connectivity index is 1.51. The molecule has 0 bridgehead atoms. The fraction of sp³-hybridized carbons (Fsp3) is 0.167. The molecular weight excluding hydrogens is 354 g/mol. The van der Waals surface area contributed by atoms with Gasteiger partial charge in [-0.15, -0.1) is 22.0 Å². The number of nitrogens with one attached hydrogen (secondary N) is 1. The van der Waals surface area contributed by atoms with Crippen molar-refractivity contribution in [2.75, 3.05) is 12.4 Å². The number of benzene rings is 2. The summed E-state index contributed by atoms with van der Waals surface area (Å²) in [7, 11) is 1.59. The van der Waals surface area contributed by atoms with Crippen molar-refractivity contribution >= 4 is 34.1 Å². The Morgan fingerprint density at radius 2 is 1.84 bits per heavy atom. The van der Waals surface area contributed by atoms with E-state index in [1.807, 2.05) is 18.2 Å². The number of thioether (sulfide) groups is 1. The zero-order valence-corrected chi connectivity index (χ0v) is 15.3. The van der Waals surface area contributed by atoms with Crippen molar-refractivity contribution < 1.29 is 9.53 Å². The van der Waals surface area contributed by atoms with Crippen LogP contribution in [0.3, 0.4) is 0 Å². The standard InChI is InChI=1S/C18H17N3O2S2/c1-23-15-9-7-14(8-10-15)17(22)19-18-21-20-16(25-18)12-24-11-13-5-3-2-4-6-13/h2-10H,11-12H2,1H3,(H,19,21,22). The summed E-state index contributed by atoms with van der Waals surface area (Å²) >= 11 is 3.17. The summed E-state index contributed by atoms with van der Waals surface area (Å²) < 4.78 is 5.09. The van der Waals surface area contributed by atoms with Crippen LogP contribution < -0.4 is 10.1 Å². The minimum Gasteiger partial charge on any atom is -0.497 e. The number of ether oxygens (including phenoxy) is 1. The second kappa shape index (κ2) is 8.64.